The minimum absolute atomic E-state index is 0.0275. The molecular formula is C21H26ClN3O3. The van der Waals surface area contributed by atoms with Gasteiger partial charge in [-0.3, -0.25) is 4.79 Å². The molecule has 3 heterocycles. The fraction of sp³-hybridized carbons (Fsp3) is 0.524. The van der Waals surface area contributed by atoms with E-state index >= 15 is 0 Å². The standard InChI is InChI=1S/C21H26ClN3O3/c1-14(2)19-18(12-23-25(19)17-7-3-6-16(22)11-17)20(26)24-8-4-5-15(13-24)21-27-9-10-28-21/h3,6-7,11-12,14-15,21H,4-5,8-10,13H2,1-2H3. The average molecular weight is 404 g/mol. The number of nitrogens with zero attached hydrogens (tertiary/aromatic N) is 3. The summed E-state index contributed by atoms with van der Waals surface area (Å²) in [6.07, 6.45) is 3.48. The van der Waals surface area contributed by atoms with E-state index < -0.39 is 0 Å². The lowest BCUT2D eigenvalue weighted by Gasteiger charge is -2.34. The zero-order valence-corrected chi connectivity index (χ0v) is 17.1. The van der Waals surface area contributed by atoms with Crippen LogP contribution in [0.25, 0.3) is 5.69 Å². The Hall–Kier alpha value is -1.89. The first kappa shape index (κ1) is 19.4. The van der Waals surface area contributed by atoms with Crippen LogP contribution < -0.4 is 0 Å². The van der Waals surface area contributed by atoms with E-state index in [1.54, 1.807) is 6.20 Å². The van der Waals surface area contributed by atoms with Crippen molar-refractivity contribution >= 4 is 17.5 Å². The second kappa shape index (κ2) is 8.23. The molecule has 0 saturated carbocycles. The molecule has 1 amide bonds. The highest BCUT2D eigenvalue weighted by atomic mass is 35.5. The molecule has 0 N–H and O–H groups in total. The number of amides is 1. The van der Waals surface area contributed by atoms with Gasteiger partial charge in [-0.15, -0.1) is 0 Å². The lowest BCUT2D eigenvalue weighted by molar-refractivity contribution is -0.0969. The molecule has 2 aliphatic rings. The summed E-state index contributed by atoms with van der Waals surface area (Å²) in [5.74, 6) is 0.396. The predicted octanol–water partition coefficient (Wildman–Crippen LogP) is 3.87. The molecule has 150 valence electrons. The number of ether oxygens (including phenoxy) is 2. The van der Waals surface area contributed by atoms with Crippen LogP contribution >= 0.6 is 11.6 Å². The number of benzene rings is 1. The summed E-state index contributed by atoms with van der Waals surface area (Å²) >= 11 is 6.16. The van der Waals surface area contributed by atoms with E-state index in [2.05, 4.69) is 18.9 Å². The minimum atomic E-state index is -0.186. The lowest BCUT2D eigenvalue weighted by Crippen LogP contribution is -2.44. The maximum Gasteiger partial charge on any atom is 0.257 e. The van der Waals surface area contributed by atoms with Crippen molar-refractivity contribution in [3.05, 3.63) is 46.7 Å². The van der Waals surface area contributed by atoms with Gasteiger partial charge in [-0.25, -0.2) is 4.68 Å². The molecule has 0 aliphatic carbocycles. The van der Waals surface area contributed by atoms with Crippen molar-refractivity contribution in [3.8, 4) is 5.69 Å². The second-order valence-corrected chi connectivity index (χ2v) is 8.19. The van der Waals surface area contributed by atoms with E-state index in [4.69, 9.17) is 21.1 Å². The second-order valence-electron chi connectivity index (χ2n) is 7.75. The third-order valence-electron chi connectivity index (χ3n) is 5.41. The maximum atomic E-state index is 13.4. The van der Waals surface area contributed by atoms with E-state index in [1.807, 2.05) is 33.8 Å². The van der Waals surface area contributed by atoms with Crippen molar-refractivity contribution in [2.45, 2.75) is 38.9 Å². The number of rotatable bonds is 4. The monoisotopic (exact) mass is 403 g/mol. The van der Waals surface area contributed by atoms with E-state index in [-0.39, 0.29) is 24.0 Å². The molecule has 2 fully saturated rings. The van der Waals surface area contributed by atoms with Gasteiger partial charge in [-0.2, -0.15) is 5.10 Å². The number of hydrogen-bond acceptors (Lipinski definition) is 4. The van der Waals surface area contributed by atoms with Gasteiger partial charge in [0.05, 0.1) is 36.4 Å². The van der Waals surface area contributed by atoms with Gasteiger partial charge in [0.15, 0.2) is 6.29 Å². The summed E-state index contributed by atoms with van der Waals surface area (Å²) in [6, 6.07) is 7.53. The minimum Gasteiger partial charge on any atom is -0.350 e. The van der Waals surface area contributed by atoms with Crippen LogP contribution in [0.15, 0.2) is 30.5 Å². The average Bonchev–Trinajstić information content (AvgIpc) is 3.37. The summed E-state index contributed by atoms with van der Waals surface area (Å²) in [5.41, 5.74) is 2.42. The summed E-state index contributed by atoms with van der Waals surface area (Å²) in [4.78, 5) is 15.3. The molecule has 4 rings (SSSR count). The summed E-state index contributed by atoms with van der Waals surface area (Å²) in [6.45, 7) is 6.84. The van der Waals surface area contributed by atoms with Crippen LogP contribution in [0.3, 0.4) is 0 Å². The Morgan fingerprint density at radius 2 is 2.07 bits per heavy atom. The smallest absolute Gasteiger partial charge is 0.257 e. The first-order chi connectivity index (χ1) is 13.5. The molecular weight excluding hydrogens is 378 g/mol. The first-order valence-corrected chi connectivity index (χ1v) is 10.3. The van der Waals surface area contributed by atoms with Crippen LogP contribution in [0, 0.1) is 5.92 Å². The first-order valence-electron chi connectivity index (χ1n) is 9.91. The Balaban J connectivity index is 1.60. The van der Waals surface area contributed by atoms with Crippen LogP contribution in [0.2, 0.25) is 5.02 Å². The molecule has 2 aliphatic heterocycles. The van der Waals surface area contributed by atoms with Crippen LogP contribution in [0.5, 0.6) is 0 Å². The lowest BCUT2D eigenvalue weighted by atomic mass is 9.96. The van der Waals surface area contributed by atoms with Crippen LogP contribution in [0.4, 0.5) is 0 Å². The van der Waals surface area contributed by atoms with Gasteiger partial charge in [0.25, 0.3) is 5.91 Å². The molecule has 0 bridgehead atoms. The number of hydrogen-bond donors (Lipinski definition) is 0. The normalized spacial score (nSPS) is 20.9. The van der Waals surface area contributed by atoms with Crippen molar-refractivity contribution in [2.75, 3.05) is 26.3 Å². The Morgan fingerprint density at radius 1 is 1.29 bits per heavy atom. The van der Waals surface area contributed by atoms with Crippen LogP contribution in [-0.2, 0) is 9.47 Å². The third-order valence-corrected chi connectivity index (χ3v) is 5.65. The molecule has 2 aromatic rings. The number of halogens is 1. The van der Waals surface area contributed by atoms with Crippen molar-refractivity contribution in [1.82, 2.24) is 14.7 Å². The van der Waals surface area contributed by atoms with E-state index in [1.165, 1.54) is 0 Å². The highest BCUT2D eigenvalue weighted by Crippen LogP contribution is 2.29. The maximum absolute atomic E-state index is 13.4. The molecule has 1 unspecified atom stereocenters. The SMILES string of the molecule is CC(C)c1c(C(=O)N2CCCC(C3OCCO3)C2)cnn1-c1cccc(Cl)c1. The Bertz CT molecular complexity index is 845. The van der Waals surface area contributed by atoms with Gasteiger partial charge in [-0.05, 0) is 37.0 Å². The molecule has 6 nitrogen and oxygen atoms in total. The molecule has 0 radical (unpaired) electrons. The molecule has 1 atom stereocenters. The Labute approximate surface area is 170 Å². The van der Waals surface area contributed by atoms with Gasteiger partial charge in [0, 0.05) is 24.0 Å². The Kier molecular flexibility index (Phi) is 5.71. The van der Waals surface area contributed by atoms with Crippen molar-refractivity contribution in [3.63, 3.8) is 0 Å². The highest BCUT2D eigenvalue weighted by Gasteiger charge is 2.34. The predicted molar refractivity (Wildman–Crippen MR) is 107 cm³/mol. The highest BCUT2D eigenvalue weighted by molar-refractivity contribution is 6.30. The van der Waals surface area contributed by atoms with Gasteiger partial charge >= 0.3 is 0 Å². The van der Waals surface area contributed by atoms with Gasteiger partial charge < -0.3 is 14.4 Å². The summed E-state index contributed by atoms with van der Waals surface area (Å²) in [7, 11) is 0. The zero-order valence-electron chi connectivity index (χ0n) is 16.3. The van der Waals surface area contributed by atoms with Crippen molar-refractivity contribution < 1.29 is 14.3 Å². The third kappa shape index (κ3) is 3.81. The summed E-state index contributed by atoms with van der Waals surface area (Å²) < 4.78 is 13.2. The number of likely N-dealkylation sites (tertiary alicyclic amines) is 1. The zero-order chi connectivity index (χ0) is 19.7. The molecule has 2 saturated heterocycles. The summed E-state index contributed by atoms with van der Waals surface area (Å²) in [5, 5.41) is 5.17. The largest absolute Gasteiger partial charge is 0.350 e. The molecule has 7 heteroatoms. The molecule has 28 heavy (non-hydrogen) atoms. The number of carbonyl (C=O) groups is 1. The van der Waals surface area contributed by atoms with E-state index in [0.717, 1.165) is 30.8 Å². The fourth-order valence-corrected chi connectivity index (χ4v) is 4.31. The van der Waals surface area contributed by atoms with Crippen molar-refractivity contribution in [2.24, 2.45) is 5.92 Å². The van der Waals surface area contributed by atoms with Crippen LogP contribution in [-0.4, -0.2) is 53.2 Å². The quantitative estimate of drug-likeness (QED) is 0.777. The van der Waals surface area contributed by atoms with Crippen molar-refractivity contribution in [1.29, 1.82) is 0 Å². The number of aromatic nitrogens is 2. The van der Waals surface area contributed by atoms with Crippen LogP contribution in [0.1, 0.15) is 48.7 Å². The number of piperidine rings is 1. The van der Waals surface area contributed by atoms with Gasteiger partial charge in [0.1, 0.15) is 0 Å². The fourth-order valence-electron chi connectivity index (χ4n) is 4.13. The molecule has 1 aromatic heterocycles. The number of carbonyl (C=O) groups excluding carboxylic acids is 1. The van der Waals surface area contributed by atoms with Gasteiger partial charge in [-0.1, -0.05) is 31.5 Å². The Morgan fingerprint density at radius 3 is 2.79 bits per heavy atom. The van der Waals surface area contributed by atoms with E-state index in [0.29, 0.717) is 30.3 Å². The topological polar surface area (TPSA) is 56.6 Å². The van der Waals surface area contributed by atoms with Gasteiger partial charge in [0.2, 0.25) is 0 Å². The molecule has 1 aromatic carbocycles. The van der Waals surface area contributed by atoms with E-state index in [9.17, 15) is 4.79 Å². The molecule has 0 spiro atoms.